The first-order valence-corrected chi connectivity index (χ1v) is 13.0. The highest BCUT2D eigenvalue weighted by molar-refractivity contribution is 9.10. The van der Waals surface area contributed by atoms with Crippen LogP contribution in [-0.4, -0.2) is 21.8 Å². The van der Waals surface area contributed by atoms with Crippen LogP contribution in [0.5, 0.6) is 11.5 Å². The standard InChI is InChI=1S/C25H18BrClN2O5S2/c1-2-33-21-11-16(10-20(26)23(21)34-14-15-6-8-18(9-7-15)29(31)32)12-22-24(30)28(25(35)36-22)19-5-3-4-17(27)13-19/h3-13H,2,14H2,1H3/b22-12-. The zero-order valence-corrected chi connectivity index (χ0v) is 22.7. The summed E-state index contributed by atoms with van der Waals surface area (Å²) in [4.78, 5) is 25.5. The van der Waals surface area contributed by atoms with Crippen LogP contribution in [-0.2, 0) is 11.4 Å². The summed E-state index contributed by atoms with van der Waals surface area (Å²) >= 11 is 16.3. The van der Waals surface area contributed by atoms with Crippen molar-refractivity contribution in [3.8, 4) is 11.5 Å². The summed E-state index contributed by atoms with van der Waals surface area (Å²) in [7, 11) is 0. The molecular weight excluding hydrogens is 588 g/mol. The van der Waals surface area contributed by atoms with Crippen LogP contribution in [0.2, 0.25) is 5.02 Å². The molecule has 0 radical (unpaired) electrons. The van der Waals surface area contributed by atoms with Gasteiger partial charge in [0.15, 0.2) is 15.8 Å². The van der Waals surface area contributed by atoms with E-state index in [1.807, 2.05) is 13.0 Å². The van der Waals surface area contributed by atoms with Crippen LogP contribution in [0.4, 0.5) is 11.4 Å². The second kappa shape index (κ2) is 11.4. The molecule has 4 rings (SSSR count). The summed E-state index contributed by atoms with van der Waals surface area (Å²) in [5.41, 5.74) is 2.11. The summed E-state index contributed by atoms with van der Waals surface area (Å²) in [6.07, 6.45) is 1.75. The maximum Gasteiger partial charge on any atom is 0.270 e. The highest BCUT2D eigenvalue weighted by Gasteiger charge is 2.33. The molecule has 3 aromatic rings. The Morgan fingerprint density at radius 1 is 1.17 bits per heavy atom. The van der Waals surface area contributed by atoms with Gasteiger partial charge in [-0.05, 0) is 82.5 Å². The summed E-state index contributed by atoms with van der Waals surface area (Å²) in [5, 5.41) is 11.4. The van der Waals surface area contributed by atoms with E-state index < -0.39 is 4.92 Å². The fourth-order valence-corrected chi connectivity index (χ4v) is 5.46. The van der Waals surface area contributed by atoms with Crippen LogP contribution in [0, 0.1) is 10.1 Å². The van der Waals surface area contributed by atoms with E-state index in [1.165, 1.54) is 28.8 Å². The third kappa shape index (κ3) is 5.89. The second-order valence-electron chi connectivity index (χ2n) is 7.47. The van der Waals surface area contributed by atoms with Crippen molar-refractivity contribution in [2.45, 2.75) is 13.5 Å². The molecule has 1 aliphatic rings. The van der Waals surface area contributed by atoms with Gasteiger partial charge < -0.3 is 9.47 Å². The molecule has 0 saturated carbocycles. The zero-order valence-electron chi connectivity index (χ0n) is 18.8. The topological polar surface area (TPSA) is 81.9 Å². The average molecular weight is 606 g/mol. The van der Waals surface area contributed by atoms with Crippen molar-refractivity contribution >= 4 is 79.2 Å². The van der Waals surface area contributed by atoms with Gasteiger partial charge in [0.25, 0.3) is 11.6 Å². The lowest BCUT2D eigenvalue weighted by Crippen LogP contribution is -2.27. The number of nitro groups is 1. The predicted molar refractivity (Wildman–Crippen MR) is 150 cm³/mol. The number of halogens is 2. The molecule has 0 aromatic heterocycles. The number of hydrogen-bond acceptors (Lipinski definition) is 7. The quantitative estimate of drug-likeness (QED) is 0.115. The van der Waals surface area contributed by atoms with Crippen molar-refractivity contribution in [1.29, 1.82) is 0 Å². The van der Waals surface area contributed by atoms with E-state index >= 15 is 0 Å². The van der Waals surface area contributed by atoms with E-state index in [4.69, 9.17) is 33.3 Å². The minimum Gasteiger partial charge on any atom is -0.490 e. The molecule has 0 atom stereocenters. The van der Waals surface area contributed by atoms with Gasteiger partial charge in [0.2, 0.25) is 0 Å². The van der Waals surface area contributed by atoms with Crippen LogP contribution < -0.4 is 14.4 Å². The average Bonchev–Trinajstić information content (AvgIpc) is 3.11. The highest BCUT2D eigenvalue weighted by atomic mass is 79.9. The van der Waals surface area contributed by atoms with E-state index in [-0.39, 0.29) is 18.2 Å². The molecule has 0 unspecified atom stereocenters. The van der Waals surface area contributed by atoms with E-state index in [1.54, 1.807) is 48.5 Å². The van der Waals surface area contributed by atoms with Crippen LogP contribution in [0.25, 0.3) is 6.08 Å². The number of carbonyl (C=O) groups is 1. The van der Waals surface area contributed by atoms with Gasteiger partial charge in [0.1, 0.15) is 6.61 Å². The molecule has 11 heteroatoms. The Balaban J connectivity index is 1.57. The highest BCUT2D eigenvalue weighted by Crippen LogP contribution is 2.41. The molecule has 0 spiro atoms. The molecule has 1 fully saturated rings. The van der Waals surface area contributed by atoms with Gasteiger partial charge in [-0.25, -0.2) is 0 Å². The summed E-state index contributed by atoms with van der Waals surface area (Å²) in [5.74, 6) is 0.740. The van der Waals surface area contributed by atoms with Gasteiger partial charge >= 0.3 is 0 Å². The Labute approximate surface area is 230 Å². The Morgan fingerprint density at radius 2 is 1.92 bits per heavy atom. The summed E-state index contributed by atoms with van der Waals surface area (Å²) in [6.45, 7) is 2.45. The van der Waals surface area contributed by atoms with Gasteiger partial charge in [-0.3, -0.25) is 19.8 Å². The molecular formula is C25H18BrClN2O5S2. The first kappa shape index (κ1) is 26.2. The van der Waals surface area contributed by atoms with Crippen molar-refractivity contribution in [1.82, 2.24) is 0 Å². The number of non-ortho nitro benzene ring substituents is 1. The first-order valence-electron chi connectivity index (χ1n) is 10.6. The fraction of sp³-hybridized carbons (Fsp3) is 0.120. The third-order valence-electron chi connectivity index (χ3n) is 5.02. The Morgan fingerprint density at radius 3 is 2.58 bits per heavy atom. The molecule has 7 nitrogen and oxygen atoms in total. The normalized spacial score (nSPS) is 14.4. The van der Waals surface area contributed by atoms with E-state index in [9.17, 15) is 14.9 Å². The van der Waals surface area contributed by atoms with E-state index in [2.05, 4.69) is 15.9 Å². The van der Waals surface area contributed by atoms with Gasteiger partial charge in [-0.2, -0.15) is 0 Å². The molecule has 1 heterocycles. The molecule has 1 saturated heterocycles. The predicted octanol–water partition coefficient (Wildman–Crippen LogP) is 7.39. The molecule has 0 bridgehead atoms. The first-order chi connectivity index (χ1) is 17.3. The monoisotopic (exact) mass is 604 g/mol. The van der Waals surface area contributed by atoms with Crippen LogP contribution >= 0.6 is 51.5 Å². The Bertz CT molecular complexity index is 1380. The lowest BCUT2D eigenvalue weighted by Gasteiger charge is -2.15. The number of hydrogen-bond donors (Lipinski definition) is 0. The number of carbonyl (C=O) groups excluding carboxylic acids is 1. The van der Waals surface area contributed by atoms with Gasteiger partial charge in [-0.15, -0.1) is 0 Å². The van der Waals surface area contributed by atoms with Crippen molar-refractivity contribution in [2.75, 3.05) is 11.5 Å². The van der Waals surface area contributed by atoms with Crippen LogP contribution in [0.1, 0.15) is 18.1 Å². The number of rotatable bonds is 8. The summed E-state index contributed by atoms with van der Waals surface area (Å²) < 4.78 is 12.8. The molecule has 0 N–H and O–H groups in total. The van der Waals surface area contributed by atoms with E-state index in [0.29, 0.717) is 42.5 Å². The number of nitro benzene ring substituents is 1. The van der Waals surface area contributed by atoms with Crippen LogP contribution in [0.15, 0.2) is 70.0 Å². The summed E-state index contributed by atoms with van der Waals surface area (Å²) in [6, 6.07) is 16.7. The van der Waals surface area contributed by atoms with E-state index in [0.717, 1.165) is 11.1 Å². The van der Waals surface area contributed by atoms with Crippen LogP contribution in [0.3, 0.4) is 0 Å². The molecule has 1 aliphatic heterocycles. The number of nitrogens with zero attached hydrogens (tertiary/aromatic N) is 2. The molecule has 3 aromatic carbocycles. The number of ether oxygens (including phenoxy) is 2. The van der Waals surface area contributed by atoms with Crippen molar-refractivity contribution < 1.29 is 19.2 Å². The molecule has 36 heavy (non-hydrogen) atoms. The lowest BCUT2D eigenvalue weighted by molar-refractivity contribution is -0.384. The largest absolute Gasteiger partial charge is 0.490 e. The van der Waals surface area contributed by atoms with Crippen molar-refractivity contribution in [2.24, 2.45) is 0 Å². The minimum atomic E-state index is -0.448. The Hall–Kier alpha value is -2.92. The molecule has 1 amide bonds. The zero-order chi connectivity index (χ0) is 25.8. The maximum atomic E-state index is 13.1. The SMILES string of the molecule is CCOc1cc(/C=C2\SC(=S)N(c3cccc(Cl)c3)C2=O)cc(Br)c1OCc1ccc([N+](=O)[O-])cc1. The third-order valence-corrected chi connectivity index (χ3v) is 7.15. The number of benzene rings is 3. The van der Waals surface area contributed by atoms with Gasteiger partial charge in [0, 0.05) is 17.2 Å². The number of thioether (sulfide) groups is 1. The fourth-order valence-electron chi connectivity index (χ4n) is 3.40. The van der Waals surface area contributed by atoms with Crippen molar-refractivity contribution in [3.63, 3.8) is 0 Å². The lowest BCUT2D eigenvalue weighted by atomic mass is 10.1. The number of thiocarbonyl (C=S) groups is 1. The molecule has 184 valence electrons. The second-order valence-corrected chi connectivity index (χ2v) is 10.4. The smallest absolute Gasteiger partial charge is 0.270 e. The van der Waals surface area contributed by atoms with Gasteiger partial charge in [-0.1, -0.05) is 41.6 Å². The number of amides is 1. The number of anilines is 1. The van der Waals surface area contributed by atoms with Crippen molar-refractivity contribution in [3.05, 3.63) is 96.3 Å². The Kier molecular flexibility index (Phi) is 8.30. The maximum absolute atomic E-state index is 13.1. The van der Waals surface area contributed by atoms with Gasteiger partial charge in [0.05, 0.1) is 26.6 Å². The minimum absolute atomic E-state index is 0.0139. The molecule has 0 aliphatic carbocycles.